The summed E-state index contributed by atoms with van der Waals surface area (Å²) in [5.41, 5.74) is 1.40. The summed E-state index contributed by atoms with van der Waals surface area (Å²) in [4.78, 5) is 42.2. The molecule has 0 bridgehead atoms. The Bertz CT molecular complexity index is 902. The van der Waals surface area contributed by atoms with Crippen LogP contribution in [0.5, 0.6) is 0 Å². The summed E-state index contributed by atoms with van der Waals surface area (Å²) < 4.78 is 5.38. The molecule has 3 rings (SSSR count). The van der Waals surface area contributed by atoms with Crippen LogP contribution in [0.2, 0.25) is 0 Å². The molecule has 2 N–H and O–H groups in total. The summed E-state index contributed by atoms with van der Waals surface area (Å²) in [5.74, 6) is -1.15. The number of aryl methyl sites for hydroxylation is 1. The van der Waals surface area contributed by atoms with E-state index in [0.29, 0.717) is 37.2 Å². The Balaban J connectivity index is 1.59. The van der Waals surface area contributed by atoms with Gasteiger partial charge in [0.05, 0.1) is 5.56 Å². The van der Waals surface area contributed by atoms with Crippen LogP contribution in [0.15, 0.2) is 24.3 Å². The monoisotopic (exact) mass is 385 g/mol. The van der Waals surface area contributed by atoms with E-state index in [4.69, 9.17) is 4.74 Å². The molecule has 0 aliphatic carbocycles. The number of amides is 2. The van der Waals surface area contributed by atoms with Gasteiger partial charge in [-0.1, -0.05) is 18.2 Å². The number of ketones is 1. The molecule has 1 aliphatic rings. The van der Waals surface area contributed by atoms with Crippen LogP contribution in [-0.4, -0.2) is 52.4 Å². The zero-order valence-electron chi connectivity index (χ0n) is 16.8. The molecule has 1 aromatic heterocycles. The van der Waals surface area contributed by atoms with Gasteiger partial charge < -0.3 is 19.9 Å². The van der Waals surface area contributed by atoms with Crippen molar-refractivity contribution >= 4 is 28.7 Å². The number of hydrogen-bond acceptors (Lipinski definition) is 4. The van der Waals surface area contributed by atoms with Crippen LogP contribution in [0.4, 0.5) is 4.79 Å². The van der Waals surface area contributed by atoms with Gasteiger partial charge in [-0.15, -0.1) is 0 Å². The zero-order chi connectivity index (χ0) is 20.5. The standard InChI is InChI=1S/C21H27N3O4/c1-13-17(15-7-5-6-8-16(15)22-13)18(25)19(26)23-14-9-11-24(12-10-14)20(27)28-21(2,3)4/h5-8,14,22H,9-12H2,1-4H3,(H,23,26). The third-order valence-corrected chi connectivity index (χ3v) is 4.81. The predicted octanol–water partition coefficient (Wildman–Crippen LogP) is 3.17. The maximum absolute atomic E-state index is 12.7. The van der Waals surface area contributed by atoms with Gasteiger partial charge in [0, 0.05) is 35.7 Å². The van der Waals surface area contributed by atoms with Crippen molar-refractivity contribution in [2.24, 2.45) is 0 Å². The highest BCUT2D eigenvalue weighted by atomic mass is 16.6. The number of aromatic amines is 1. The van der Waals surface area contributed by atoms with Crippen LogP contribution in [0.1, 0.15) is 49.7 Å². The van der Waals surface area contributed by atoms with Gasteiger partial charge in [-0.2, -0.15) is 0 Å². The number of carbonyl (C=O) groups excluding carboxylic acids is 3. The van der Waals surface area contributed by atoms with E-state index >= 15 is 0 Å². The molecule has 0 unspecified atom stereocenters. The van der Waals surface area contributed by atoms with Crippen LogP contribution in [-0.2, 0) is 9.53 Å². The minimum absolute atomic E-state index is 0.138. The van der Waals surface area contributed by atoms with Crippen LogP contribution in [0, 0.1) is 6.92 Å². The lowest BCUT2D eigenvalue weighted by Crippen LogP contribution is -2.49. The SMILES string of the molecule is Cc1[nH]c2ccccc2c1C(=O)C(=O)NC1CCN(C(=O)OC(C)(C)C)CC1. The number of para-hydroxylation sites is 1. The van der Waals surface area contributed by atoms with E-state index in [1.165, 1.54) is 0 Å². The van der Waals surface area contributed by atoms with Crippen LogP contribution >= 0.6 is 0 Å². The molecule has 0 saturated carbocycles. The average Bonchev–Trinajstić information content (AvgIpc) is 2.95. The average molecular weight is 385 g/mol. The predicted molar refractivity (Wildman–Crippen MR) is 106 cm³/mol. The summed E-state index contributed by atoms with van der Waals surface area (Å²) in [6, 6.07) is 7.30. The Hall–Kier alpha value is -2.83. The number of likely N-dealkylation sites (tertiary alicyclic amines) is 1. The van der Waals surface area contributed by atoms with Gasteiger partial charge in [0.2, 0.25) is 0 Å². The number of rotatable bonds is 3. The van der Waals surface area contributed by atoms with Crippen molar-refractivity contribution < 1.29 is 19.1 Å². The van der Waals surface area contributed by atoms with Crippen molar-refractivity contribution in [1.29, 1.82) is 0 Å². The van der Waals surface area contributed by atoms with E-state index < -0.39 is 17.3 Å². The lowest BCUT2D eigenvalue weighted by molar-refractivity contribution is -0.117. The molecule has 1 fully saturated rings. The highest BCUT2D eigenvalue weighted by Crippen LogP contribution is 2.22. The van der Waals surface area contributed by atoms with Gasteiger partial charge >= 0.3 is 6.09 Å². The number of H-pyrrole nitrogens is 1. The quantitative estimate of drug-likeness (QED) is 0.627. The van der Waals surface area contributed by atoms with Crippen molar-refractivity contribution in [2.45, 2.75) is 52.2 Å². The Morgan fingerprint density at radius 2 is 1.79 bits per heavy atom. The number of fused-ring (bicyclic) bond motifs is 1. The number of Topliss-reactive ketones (excluding diaryl/α,β-unsaturated/α-hetero) is 1. The molecule has 0 radical (unpaired) electrons. The second-order valence-corrected chi connectivity index (χ2v) is 8.21. The van der Waals surface area contributed by atoms with Gasteiger partial charge in [-0.3, -0.25) is 9.59 Å². The summed E-state index contributed by atoms with van der Waals surface area (Å²) in [5, 5.41) is 3.58. The van der Waals surface area contributed by atoms with E-state index in [1.807, 2.05) is 45.0 Å². The number of piperidine rings is 1. The summed E-state index contributed by atoms with van der Waals surface area (Å²) in [7, 11) is 0. The van der Waals surface area contributed by atoms with E-state index in [1.54, 1.807) is 11.8 Å². The van der Waals surface area contributed by atoms with Crippen molar-refractivity contribution in [3.63, 3.8) is 0 Å². The normalized spacial score (nSPS) is 15.5. The molecule has 150 valence electrons. The van der Waals surface area contributed by atoms with Gasteiger partial charge in [-0.25, -0.2) is 4.79 Å². The van der Waals surface area contributed by atoms with Crippen LogP contribution < -0.4 is 5.32 Å². The van der Waals surface area contributed by atoms with Gasteiger partial charge in [0.25, 0.3) is 11.7 Å². The molecule has 0 atom stereocenters. The number of carbonyl (C=O) groups is 3. The molecular weight excluding hydrogens is 358 g/mol. The van der Waals surface area contributed by atoms with Crippen molar-refractivity contribution in [3.8, 4) is 0 Å². The fourth-order valence-electron chi connectivity index (χ4n) is 3.47. The number of hydrogen-bond donors (Lipinski definition) is 2. The van der Waals surface area contributed by atoms with Gasteiger partial charge in [0.15, 0.2) is 0 Å². The minimum Gasteiger partial charge on any atom is -0.444 e. The Morgan fingerprint density at radius 1 is 1.14 bits per heavy atom. The number of nitrogens with zero attached hydrogens (tertiary/aromatic N) is 1. The first kappa shape index (κ1) is 19.9. The van der Waals surface area contributed by atoms with Crippen molar-refractivity contribution in [2.75, 3.05) is 13.1 Å². The molecule has 1 saturated heterocycles. The maximum Gasteiger partial charge on any atom is 0.410 e. The first-order valence-corrected chi connectivity index (χ1v) is 9.56. The lowest BCUT2D eigenvalue weighted by atomic mass is 10.0. The van der Waals surface area contributed by atoms with Gasteiger partial charge in [-0.05, 0) is 46.6 Å². The van der Waals surface area contributed by atoms with Gasteiger partial charge in [0.1, 0.15) is 5.60 Å². The van der Waals surface area contributed by atoms with E-state index in [0.717, 1.165) is 10.9 Å². The highest BCUT2D eigenvalue weighted by Gasteiger charge is 2.29. The van der Waals surface area contributed by atoms with Crippen LogP contribution in [0.25, 0.3) is 10.9 Å². The second-order valence-electron chi connectivity index (χ2n) is 8.21. The maximum atomic E-state index is 12.7. The molecule has 2 aromatic rings. The first-order chi connectivity index (χ1) is 13.2. The summed E-state index contributed by atoms with van der Waals surface area (Å²) in [6.07, 6.45) is 0.832. The number of benzene rings is 1. The third-order valence-electron chi connectivity index (χ3n) is 4.81. The Morgan fingerprint density at radius 3 is 2.43 bits per heavy atom. The summed E-state index contributed by atoms with van der Waals surface area (Å²) >= 11 is 0. The molecule has 7 nitrogen and oxygen atoms in total. The van der Waals surface area contributed by atoms with E-state index in [2.05, 4.69) is 10.3 Å². The largest absolute Gasteiger partial charge is 0.444 e. The Labute approximate surface area is 164 Å². The fraction of sp³-hybridized carbons (Fsp3) is 0.476. The molecule has 1 aromatic carbocycles. The molecule has 1 aliphatic heterocycles. The molecule has 28 heavy (non-hydrogen) atoms. The lowest BCUT2D eigenvalue weighted by Gasteiger charge is -2.33. The van der Waals surface area contributed by atoms with Crippen LogP contribution in [0.3, 0.4) is 0 Å². The Kier molecular flexibility index (Phi) is 5.45. The molecule has 2 amide bonds. The fourth-order valence-corrected chi connectivity index (χ4v) is 3.47. The minimum atomic E-state index is -0.608. The number of nitrogens with one attached hydrogen (secondary N) is 2. The molecule has 7 heteroatoms. The smallest absolute Gasteiger partial charge is 0.410 e. The topological polar surface area (TPSA) is 91.5 Å². The van der Waals surface area contributed by atoms with E-state index in [-0.39, 0.29) is 12.1 Å². The molecule has 2 heterocycles. The van der Waals surface area contributed by atoms with E-state index in [9.17, 15) is 14.4 Å². The van der Waals surface area contributed by atoms with Crippen molar-refractivity contribution in [1.82, 2.24) is 15.2 Å². The zero-order valence-corrected chi connectivity index (χ0v) is 16.8. The summed E-state index contributed by atoms with van der Waals surface area (Å²) in [6.45, 7) is 8.25. The highest BCUT2D eigenvalue weighted by molar-refractivity contribution is 6.45. The first-order valence-electron chi connectivity index (χ1n) is 9.56. The second kappa shape index (κ2) is 7.66. The van der Waals surface area contributed by atoms with Crippen molar-refractivity contribution in [3.05, 3.63) is 35.5 Å². The molecule has 0 spiro atoms. The molecular formula is C21H27N3O4. The third kappa shape index (κ3) is 4.35. The number of aromatic nitrogens is 1. The number of ether oxygens (including phenoxy) is 1.